The van der Waals surface area contributed by atoms with Crippen LogP contribution in [0.3, 0.4) is 0 Å². The molecule has 7 nitrogen and oxygen atoms in total. The second kappa shape index (κ2) is 6.84. The van der Waals surface area contributed by atoms with E-state index < -0.39 is 10.2 Å². The molecule has 1 fully saturated rings. The van der Waals surface area contributed by atoms with Crippen molar-refractivity contribution in [3.63, 3.8) is 0 Å². The van der Waals surface area contributed by atoms with Gasteiger partial charge in [0.1, 0.15) is 6.04 Å². The fourth-order valence-corrected chi connectivity index (χ4v) is 3.10. The van der Waals surface area contributed by atoms with Gasteiger partial charge < -0.3 is 0 Å². The zero-order valence-corrected chi connectivity index (χ0v) is 14.0. The minimum atomic E-state index is -4.19. The molecule has 130 valence electrons. The molecule has 24 heavy (non-hydrogen) atoms. The Morgan fingerprint density at radius 1 is 1.12 bits per heavy atom. The Labute approximate surface area is 141 Å². The van der Waals surface area contributed by atoms with Gasteiger partial charge in [0.2, 0.25) is 5.91 Å². The van der Waals surface area contributed by atoms with Crippen molar-refractivity contribution < 1.29 is 38.2 Å². The summed E-state index contributed by atoms with van der Waals surface area (Å²) in [6.45, 7) is 3.72. The zero-order chi connectivity index (χ0) is 18.0. The number of amides is 1. The molecular formula is C16H20ClN2O5+. The average molecular weight is 356 g/mol. The van der Waals surface area contributed by atoms with Gasteiger partial charge >= 0.3 is 28.9 Å². The molecule has 2 heterocycles. The molecule has 0 saturated carbocycles. The van der Waals surface area contributed by atoms with Gasteiger partial charge in [-0.25, -0.2) is 0 Å². The van der Waals surface area contributed by atoms with E-state index in [1.807, 2.05) is 53.7 Å². The maximum atomic E-state index is 11.9. The summed E-state index contributed by atoms with van der Waals surface area (Å²) in [4.78, 5) is 13.8. The van der Waals surface area contributed by atoms with E-state index in [-0.39, 0.29) is 17.6 Å². The summed E-state index contributed by atoms with van der Waals surface area (Å²) in [6, 6.07) is 16.3. The molecule has 2 aromatic rings. The summed E-state index contributed by atoms with van der Waals surface area (Å²) >= 11 is 0. The Morgan fingerprint density at radius 2 is 1.58 bits per heavy atom. The predicted molar refractivity (Wildman–Crippen MR) is 78.8 cm³/mol. The SMILES string of the molecule is CC(=O)N1C(C)C1(c1ccccc1)[n+]1ccccc1.[O-][Cl+](O)(O)O. The fourth-order valence-electron chi connectivity index (χ4n) is 3.10. The molecule has 1 aliphatic rings. The van der Waals surface area contributed by atoms with Crippen LogP contribution >= 0.6 is 0 Å². The predicted octanol–water partition coefficient (Wildman–Crippen LogP) is -0.934. The van der Waals surface area contributed by atoms with Crippen molar-refractivity contribution >= 4 is 5.91 Å². The molecule has 1 saturated heterocycles. The van der Waals surface area contributed by atoms with Crippen LogP contribution < -0.4 is 9.23 Å². The molecule has 8 heteroatoms. The number of carbonyl (C=O) groups is 1. The molecule has 1 amide bonds. The van der Waals surface area contributed by atoms with E-state index in [2.05, 4.69) is 23.6 Å². The van der Waals surface area contributed by atoms with Gasteiger partial charge in [-0.2, -0.15) is 4.57 Å². The van der Waals surface area contributed by atoms with E-state index in [1.54, 1.807) is 6.92 Å². The van der Waals surface area contributed by atoms with Crippen LogP contribution in [0.25, 0.3) is 0 Å². The summed E-state index contributed by atoms with van der Waals surface area (Å²) in [7, 11) is -4.19. The van der Waals surface area contributed by atoms with Crippen LogP contribution in [0.2, 0.25) is 0 Å². The summed E-state index contributed by atoms with van der Waals surface area (Å²) in [6.07, 6.45) is 4.04. The first-order valence-corrected chi connectivity index (χ1v) is 8.49. The van der Waals surface area contributed by atoms with Crippen molar-refractivity contribution in [2.75, 3.05) is 0 Å². The molecule has 1 aromatic heterocycles. The third-order valence-electron chi connectivity index (χ3n) is 3.92. The molecular weight excluding hydrogens is 336 g/mol. The van der Waals surface area contributed by atoms with Crippen molar-refractivity contribution in [3.8, 4) is 0 Å². The topological polar surface area (TPSA) is 108 Å². The average Bonchev–Trinajstić information content (AvgIpc) is 3.14. The molecule has 0 bridgehead atoms. The second-order valence-corrected chi connectivity index (χ2v) is 6.24. The first kappa shape index (κ1) is 18.3. The van der Waals surface area contributed by atoms with Gasteiger partial charge in [-0.1, -0.05) is 24.3 Å². The van der Waals surface area contributed by atoms with Crippen molar-refractivity contribution in [2.24, 2.45) is 0 Å². The van der Waals surface area contributed by atoms with E-state index in [4.69, 9.17) is 18.6 Å². The van der Waals surface area contributed by atoms with Gasteiger partial charge in [0.05, 0.1) is 0 Å². The quantitative estimate of drug-likeness (QED) is 0.476. The first-order chi connectivity index (χ1) is 11.2. The van der Waals surface area contributed by atoms with Crippen LogP contribution in [0.5, 0.6) is 0 Å². The number of nitrogens with zero attached hydrogens (tertiary/aromatic N) is 2. The maximum absolute atomic E-state index is 11.9. The normalized spacial score (nSPS) is 23.1. The van der Waals surface area contributed by atoms with Crippen LogP contribution in [0.1, 0.15) is 19.4 Å². The van der Waals surface area contributed by atoms with Crippen molar-refractivity contribution in [2.45, 2.75) is 25.6 Å². The Kier molecular flexibility index (Phi) is 5.22. The molecule has 1 aromatic carbocycles. The number of hydrogen-bond donors (Lipinski definition) is 3. The molecule has 2 atom stereocenters. The monoisotopic (exact) mass is 355 g/mol. The second-order valence-electron chi connectivity index (χ2n) is 5.37. The zero-order valence-electron chi connectivity index (χ0n) is 13.3. The Hall–Kier alpha value is -2.03. The number of aromatic nitrogens is 1. The van der Waals surface area contributed by atoms with Crippen molar-refractivity contribution in [3.05, 3.63) is 66.5 Å². The third kappa shape index (κ3) is 3.72. The van der Waals surface area contributed by atoms with E-state index in [0.29, 0.717) is 0 Å². The number of carbonyl (C=O) groups excluding carboxylic acids is 1. The van der Waals surface area contributed by atoms with Crippen LogP contribution in [-0.4, -0.2) is 30.8 Å². The Bertz CT molecular complexity index is 645. The molecule has 0 spiro atoms. The fraction of sp³-hybridized carbons (Fsp3) is 0.250. The Morgan fingerprint density at radius 3 is 2.00 bits per heavy atom. The number of benzene rings is 1. The van der Waals surface area contributed by atoms with Gasteiger partial charge in [-0.3, -0.25) is 9.69 Å². The summed E-state index contributed by atoms with van der Waals surface area (Å²) in [5, 5.41) is 0. The van der Waals surface area contributed by atoms with Gasteiger partial charge in [0, 0.05) is 24.6 Å². The number of hydrogen-bond acceptors (Lipinski definition) is 5. The van der Waals surface area contributed by atoms with E-state index in [0.717, 1.165) is 5.56 Å². The summed E-state index contributed by atoms with van der Waals surface area (Å²) in [5.41, 5.74) is 0.780. The van der Waals surface area contributed by atoms with Crippen LogP contribution in [0.15, 0.2) is 60.9 Å². The third-order valence-corrected chi connectivity index (χ3v) is 3.92. The van der Waals surface area contributed by atoms with E-state index in [9.17, 15) is 4.79 Å². The summed E-state index contributed by atoms with van der Waals surface area (Å²) < 4.78 is 32.3. The standard InChI is InChI=1S/C16H17N2O.ClH3O4/c1-13-16(18(13)14(2)19,15-9-5-3-6-10-15)17-11-7-4-8-12-17;2-1(3,4)5/h3-13H,1-2H3;2-4H/q+1;. The van der Waals surface area contributed by atoms with Gasteiger partial charge in [-0.05, 0) is 19.1 Å². The molecule has 2 unspecified atom stereocenters. The number of rotatable bonds is 2. The van der Waals surface area contributed by atoms with Gasteiger partial charge in [0.25, 0.3) is 5.66 Å². The number of pyridine rings is 1. The molecule has 3 rings (SSSR count). The van der Waals surface area contributed by atoms with E-state index >= 15 is 0 Å². The molecule has 1 aliphatic heterocycles. The Balaban J connectivity index is 0.000000368. The van der Waals surface area contributed by atoms with E-state index in [1.165, 1.54) is 0 Å². The van der Waals surface area contributed by atoms with Crippen molar-refractivity contribution in [1.29, 1.82) is 0 Å². The van der Waals surface area contributed by atoms with Crippen LogP contribution in [0, 0.1) is 10.2 Å². The number of halogens is 1. The summed E-state index contributed by atoms with van der Waals surface area (Å²) in [5.74, 6) is 0.104. The van der Waals surface area contributed by atoms with Crippen LogP contribution in [0.4, 0.5) is 0 Å². The molecule has 0 aliphatic carbocycles. The molecule has 0 radical (unpaired) electrons. The molecule has 3 N–H and O–H groups in total. The van der Waals surface area contributed by atoms with Gasteiger partial charge in [0.15, 0.2) is 12.4 Å². The minimum absolute atomic E-state index is 0.104. The van der Waals surface area contributed by atoms with Gasteiger partial charge in [-0.15, -0.1) is 0 Å². The first-order valence-electron chi connectivity index (χ1n) is 7.17. The van der Waals surface area contributed by atoms with Crippen LogP contribution in [-0.2, 0) is 10.5 Å². The van der Waals surface area contributed by atoms with Crippen molar-refractivity contribution in [1.82, 2.24) is 4.90 Å².